The molecule has 1 N–H and O–H groups in total. The number of esters is 1. The standard InChI is InChI=1S/C21H25NO5/c1-4-26-19-12-8-17(9-13-19)22-21(24)15(2)27-20(23)14-7-16-5-10-18(25-3)11-6-16/h5-6,8-13,15H,4,7,14H2,1-3H3,(H,22,24)/t15-/m0/s1. The molecule has 0 aliphatic heterocycles. The minimum Gasteiger partial charge on any atom is -0.497 e. The van der Waals surface area contributed by atoms with E-state index in [0.29, 0.717) is 18.7 Å². The maximum atomic E-state index is 12.2. The number of aryl methyl sites for hydroxylation is 1. The first kappa shape index (κ1) is 20.3. The Balaban J connectivity index is 1.77. The average molecular weight is 371 g/mol. The Morgan fingerprint density at radius 2 is 1.63 bits per heavy atom. The van der Waals surface area contributed by atoms with Crippen LogP contribution in [0.4, 0.5) is 5.69 Å². The third-order valence-electron chi connectivity index (χ3n) is 3.89. The van der Waals surface area contributed by atoms with Crippen molar-refractivity contribution in [3.05, 3.63) is 54.1 Å². The molecular formula is C21H25NO5. The molecule has 2 rings (SSSR count). The van der Waals surface area contributed by atoms with E-state index in [0.717, 1.165) is 17.1 Å². The molecule has 0 aliphatic rings. The van der Waals surface area contributed by atoms with E-state index in [4.69, 9.17) is 14.2 Å². The smallest absolute Gasteiger partial charge is 0.306 e. The predicted octanol–water partition coefficient (Wildman–Crippen LogP) is 3.60. The second-order valence-corrected chi connectivity index (χ2v) is 5.93. The lowest BCUT2D eigenvalue weighted by molar-refractivity contribution is -0.153. The molecule has 0 aliphatic carbocycles. The largest absolute Gasteiger partial charge is 0.497 e. The zero-order chi connectivity index (χ0) is 19.6. The molecule has 2 aromatic rings. The van der Waals surface area contributed by atoms with Crippen molar-refractivity contribution in [2.45, 2.75) is 32.8 Å². The normalized spacial score (nSPS) is 11.4. The minimum absolute atomic E-state index is 0.201. The molecule has 0 saturated carbocycles. The molecule has 0 unspecified atom stereocenters. The van der Waals surface area contributed by atoms with Gasteiger partial charge in [0.1, 0.15) is 11.5 Å². The van der Waals surface area contributed by atoms with Gasteiger partial charge in [0.2, 0.25) is 0 Å². The molecular weight excluding hydrogens is 346 g/mol. The fourth-order valence-corrected chi connectivity index (χ4v) is 2.39. The first-order valence-electron chi connectivity index (χ1n) is 8.88. The van der Waals surface area contributed by atoms with E-state index in [9.17, 15) is 9.59 Å². The number of amides is 1. The Morgan fingerprint density at radius 3 is 2.22 bits per heavy atom. The number of rotatable bonds is 9. The second-order valence-electron chi connectivity index (χ2n) is 5.93. The zero-order valence-electron chi connectivity index (χ0n) is 15.9. The fraction of sp³-hybridized carbons (Fsp3) is 0.333. The average Bonchev–Trinajstić information content (AvgIpc) is 2.68. The number of ether oxygens (including phenoxy) is 3. The van der Waals surface area contributed by atoms with Gasteiger partial charge in [0.15, 0.2) is 6.10 Å². The number of carbonyl (C=O) groups is 2. The topological polar surface area (TPSA) is 73.9 Å². The van der Waals surface area contributed by atoms with Gasteiger partial charge in [-0.1, -0.05) is 12.1 Å². The molecule has 144 valence electrons. The van der Waals surface area contributed by atoms with Gasteiger partial charge in [0.25, 0.3) is 5.91 Å². The Labute approximate surface area is 159 Å². The van der Waals surface area contributed by atoms with Crippen LogP contribution in [0.3, 0.4) is 0 Å². The highest BCUT2D eigenvalue weighted by molar-refractivity contribution is 5.95. The monoisotopic (exact) mass is 371 g/mol. The molecule has 1 atom stereocenters. The predicted molar refractivity (Wildman–Crippen MR) is 103 cm³/mol. The van der Waals surface area contributed by atoms with Crippen molar-refractivity contribution >= 4 is 17.6 Å². The van der Waals surface area contributed by atoms with Crippen molar-refractivity contribution in [3.8, 4) is 11.5 Å². The van der Waals surface area contributed by atoms with E-state index in [-0.39, 0.29) is 12.3 Å². The molecule has 6 heteroatoms. The SMILES string of the molecule is CCOc1ccc(NC(=O)[C@H](C)OC(=O)CCc2ccc(OC)cc2)cc1. The van der Waals surface area contributed by atoms with Crippen LogP contribution in [0.15, 0.2) is 48.5 Å². The third-order valence-corrected chi connectivity index (χ3v) is 3.89. The van der Waals surface area contributed by atoms with Crippen molar-refractivity contribution in [1.29, 1.82) is 0 Å². The molecule has 0 spiro atoms. The van der Waals surface area contributed by atoms with Crippen molar-refractivity contribution < 1.29 is 23.8 Å². The van der Waals surface area contributed by atoms with Gasteiger partial charge in [-0.3, -0.25) is 9.59 Å². The van der Waals surface area contributed by atoms with Crippen LogP contribution in [-0.2, 0) is 20.7 Å². The summed E-state index contributed by atoms with van der Waals surface area (Å²) in [7, 11) is 1.60. The Bertz CT molecular complexity index is 740. The summed E-state index contributed by atoms with van der Waals surface area (Å²) in [4.78, 5) is 24.1. The third kappa shape index (κ3) is 6.66. The van der Waals surface area contributed by atoms with Crippen LogP contribution in [0.5, 0.6) is 11.5 Å². The summed E-state index contributed by atoms with van der Waals surface area (Å²) in [5.74, 6) is 0.700. The Kier molecular flexibility index (Phi) is 7.67. The molecule has 0 bridgehead atoms. The lowest BCUT2D eigenvalue weighted by Gasteiger charge is -2.14. The highest BCUT2D eigenvalue weighted by atomic mass is 16.5. The van der Waals surface area contributed by atoms with Crippen molar-refractivity contribution in [2.75, 3.05) is 19.0 Å². The quantitative estimate of drug-likeness (QED) is 0.682. The van der Waals surface area contributed by atoms with Gasteiger partial charge in [0.05, 0.1) is 13.7 Å². The van der Waals surface area contributed by atoms with Crippen LogP contribution in [0.25, 0.3) is 0 Å². The highest BCUT2D eigenvalue weighted by Crippen LogP contribution is 2.16. The molecule has 1 amide bonds. The summed E-state index contributed by atoms with van der Waals surface area (Å²) in [6, 6.07) is 14.5. The summed E-state index contributed by atoms with van der Waals surface area (Å²) < 4.78 is 15.7. The molecule has 27 heavy (non-hydrogen) atoms. The first-order chi connectivity index (χ1) is 13.0. The fourth-order valence-electron chi connectivity index (χ4n) is 2.39. The molecule has 0 aromatic heterocycles. The van der Waals surface area contributed by atoms with E-state index < -0.39 is 12.1 Å². The molecule has 2 aromatic carbocycles. The number of benzene rings is 2. The molecule has 0 fully saturated rings. The van der Waals surface area contributed by atoms with Crippen LogP contribution in [0.2, 0.25) is 0 Å². The number of carbonyl (C=O) groups excluding carboxylic acids is 2. The van der Waals surface area contributed by atoms with E-state index in [1.165, 1.54) is 0 Å². The summed E-state index contributed by atoms with van der Waals surface area (Å²) >= 11 is 0. The van der Waals surface area contributed by atoms with Crippen molar-refractivity contribution in [1.82, 2.24) is 0 Å². The summed E-state index contributed by atoms with van der Waals surface area (Å²) in [6.07, 6.45) is -0.136. The van der Waals surface area contributed by atoms with E-state index in [1.807, 2.05) is 31.2 Å². The summed E-state index contributed by atoms with van der Waals surface area (Å²) in [6.45, 7) is 4.03. The van der Waals surface area contributed by atoms with Crippen LogP contribution in [-0.4, -0.2) is 31.7 Å². The van der Waals surface area contributed by atoms with Crippen molar-refractivity contribution in [2.24, 2.45) is 0 Å². The molecule has 0 heterocycles. The van der Waals surface area contributed by atoms with Gasteiger partial charge in [0, 0.05) is 12.1 Å². The Morgan fingerprint density at radius 1 is 1.00 bits per heavy atom. The zero-order valence-corrected chi connectivity index (χ0v) is 15.9. The van der Waals surface area contributed by atoms with Crippen LogP contribution >= 0.6 is 0 Å². The van der Waals surface area contributed by atoms with Crippen LogP contribution in [0.1, 0.15) is 25.8 Å². The lowest BCUT2D eigenvalue weighted by Crippen LogP contribution is -2.30. The minimum atomic E-state index is -0.875. The highest BCUT2D eigenvalue weighted by Gasteiger charge is 2.18. The van der Waals surface area contributed by atoms with Crippen molar-refractivity contribution in [3.63, 3.8) is 0 Å². The van der Waals surface area contributed by atoms with Gasteiger partial charge >= 0.3 is 5.97 Å². The van der Waals surface area contributed by atoms with Gasteiger partial charge in [-0.2, -0.15) is 0 Å². The van der Waals surface area contributed by atoms with Crippen LogP contribution in [0, 0.1) is 0 Å². The van der Waals surface area contributed by atoms with E-state index in [2.05, 4.69) is 5.32 Å². The first-order valence-corrected chi connectivity index (χ1v) is 8.88. The van der Waals surface area contributed by atoms with E-state index in [1.54, 1.807) is 38.3 Å². The molecule has 0 radical (unpaired) electrons. The number of anilines is 1. The second kappa shape index (κ2) is 10.2. The number of hydrogen-bond donors (Lipinski definition) is 1. The number of hydrogen-bond acceptors (Lipinski definition) is 5. The number of nitrogens with one attached hydrogen (secondary N) is 1. The molecule has 0 saturated heterocycles. The molecule has 6 nitrogen and oxygen atoms in total. The van der Waals surface area contributed by atoms with Gasteiger partial charge in [-0.25, -0.2) is 0 Å². The maximum Gasteiger partial charge on any atom is 0.306 e. The van der Waals surface area contributed by atoms with Gasteiger partial charge < -0.3 is 19.5 Å². The van der Waals surface area contributed by atoms with Gasteiger partial charge in [-0.05, 0) is 62.2 Å². The lowest BCUT2D eigenvalue weighted by atomic mass is 10.1. The summed E-state index contributed by atoms with van der Waals surface area (Å²) in [5, 5.41) is 2.72. The number of methoxy groups -OCH3 is 1. The van der Waals surface area contributed by atoms with E-state index >= 15 is 0 Å². The Hall–Kier alpha value is -3.02. The van der Waals surface area contributed by atoms with Crippen LogP contribution < -0.4 is 14.8 Å². The summed E-state index contributed by atoms with van der Waals surface area (Å²) in [5.41, 5.74) is 1.61. The maximum absolute atomic E-state index is 12.2. The van der Waals surface area contributed by atoms with Gasteiger partial charge in [-0.15, -0.1) is 0 Å².